The van der Waals surface area contributed by atoms with E-state index in [1.54, 1.807) is 28.9 Å². The summed E-state index contributed by atoms with van der Waals surface area (Å²) in [5.41, 5.74) is 2.96. The highest BCUT2D eigenvalue weighted by atomic mass is 19.3. The molecule has 1 aliphatic heterocycles. The van der Waals surface area contributed by atoms with Crippen LogP contribution in [0.4, 0.5) is 20.2 Å². The van der Waals surface area contributed by atoms with E-state index in [9.17, 15) is 18.7 Å². The van der Waals surface area contributed by atoms with Crippen molar-refractivity contribution in [2.75, 3.05) is 23.3 Å². The minimum absolute atomic E-state index is 0.0767. The molecular weight excluding hydrogens is 482 g/mol. The minimum atomic E-state index is -2.70. The van der Waals surface area contributed by atoms with Gasteiger partial charge in [-0.1, -0.05) is 12.1 Å². The van der Waals surface area contributed by atoms with E-state index < -0.39 is 17.6 Å². The fraction of sp³-hybridized carbons (Fsp3) is 0.400. The lowest BCUT2D eigenvalue weighted by Crippen LogP contribution is -2.38. The summed E-state index contributed by atoms with van der Waals surface area (Å²) in [5.74, 6) is 2.51. The Kier molecular flexibility index (Phi) is 6.14. The molecule has 10 nitrogen and oxygen atoms in total. The number of azo groups is 1. The number of β-amino-alcohol motifs (C(OH)–C–C–N with tert-alkyl or cyclic N) is 1. The molecule has 1 amide bonds. The zero-order valence-electron chi connectivity index (χ0n) is 20.5. The number of aromatic nitrogens is 2. The summed E-state index contributed by atoms with van der Waals surface area (Å²) in [6.45, 7) is 4.88. The predicted octanol–water partition coefficient (Wildman–Crippen LogP) is 3.73. The summed E-state index contributed by atoms with van der Waals surface area (Å²) >= 11 is 0. The topological polar surface area (TPSA) is 133 Å². The summed E-state index contributed by atoms with van der Waals surface area (Å²) in [7, 11) is 0. The van der Waals surface area contributed by atoms with Crippen molar-refractivity contribution in [3.8, 4) is 0 Å². The molecule has 1 aromatic carbocycles. The number of amidine groups is 1. The van der Waals surface area contributed by atoms with Crippen LogP contribution in [-0.2, 0) is 0 Å². The van der Waals surface area contributed by atoms with E-state index in [2.05, 4.69) is 30.6 Å². The van der Waals surface area contributed by atoms with Crippen LogP contribution >= 0.6 is 0 Å². The number of benzene rings is 1. The molecule has 1 aliphatic carbocycles. The van der Waals surface area contributed by atoms with E-state index in [-0.39, 0.29) is 24.6 Å². The third-order valence-corrected chi connectivity index (χ3v) is 6.82. The third-order valence-electron chi connectivity index (χ3n) is 6.82. The molecule has 0 spiro atoms. The number of alkyl halides is 2. The molecule has 1 atom stereocenters. The van der Waals surface area contributed by atoms with Gasteiger partial charge in [0, 0.05) is 49.1 Å². The van der Waals surface area contributed by atoms with Crippen LogP contribution in [0.15, 0.2) is 58.1 Å². The van der Waals surface area contributed by atoms with Crippen molar-refractivity contribution < 1.29 is 18.7 Å². The number of aryl methyl sites for hydroxylation is 1. The molecule has 2 fully saturated rings. The SMILES string of the molecule is Cc1ccc(/C(N=NC2CC(F)(F)C2)=N/N)cc1NC(=O)c1cnn2ccc(N3CC[C@@](C)(O)C3)cc12. The van der Waals surface area contributed by atoms with E-state index in [1.807, 2.05) is 26.0 Å². The number of nitrogens with one attached hydrogen (secondary N) is 1. The van der Waals surface area contributed by atoms with Crippen molar-refractivity contribution in [3.63, 3.8) is 0 Å². The van der Waals surface area contributed by atoms with Crippen LogP contribution in [0.5, 0.6) is 0 Å². The number of carbonyl (C=O) groups excluding carboxylic acids is 1. The van der Waals surface area contributed by atoms with Crippen LogP contribution in [0.25, 0.3) is 5.52 Å². The number of fused-ring (bicyclic) bond motifs is 1. The van der Waals surface area contributed by atoms with E-state index in [0.717, 1.165) is 17.8 Å². The number of nitrogens with two attached hydrogens (primary N) is 1. The Morgan fingerprint density at radius 3 is 2.73 bits per heavy atom. The Bertz CT molecular complexity index is 1410. The quantitative estimate of drug-likeness (QED) is 0.158. The predicted molar refractivity (Wildman–Crippen MR) is 135 cm³/mol. The molecule has 4 N–H and O–H groups in total. The summed E-state index contributed by atoms with van der Waals surface area (Å²) in [5, 5.41) is 29.1. The van der Waals surface area contributed by atoms with Crippen LogP contribution in [0.2, 0.25) is 0 Å². The van der Waals surface area contributed by atoms with Gasteiger partial charge < -0.3 is 21.2 Å². The Hall–Kier alpha value is -3.93. The van der Waals surface area contributed by atoms with Crippen molar-refractivity contribution in [2.45, 2.75) is 50.7 Å². The molecule has 5 rings (SSSR count). The lowest BCUT2D eigenvalue weighted by atomic mass is 9.89. The molecule has 2 aliphatic rings. The number of aliphatic hydroxyl groups is 1. The van der Waals surface area contributed by atoms with Gasteiger partial charge in [-0.2, -0.15) is 15.3 Å². The Labute approximate surface area is 211 Å². The number of nitrogens with zero attached hydrogens (tertiary/aromatic N) is 6. The van der Waals surface area contributed by atoms with Crippen LogP contribution < -0.4 is 16.1 Å². The second-order valence-corrected chi connectivity index (χ2v) is 10.0. The van der Waals surface area contributed by atoms with E-state index >= 15 is 0 Å². The fourth-order valence-electron chi connectivity index (χ4n) is 4.60. The maximum Gasteiger partial charge on any atom is 0.259 e. The maximum atomic E-state index is 13.3. The van der Waals surface area contributed by atoms with Crippen molar-refractivity contribution in [1.82, 2.24) is 9.61 Å². The highest BCUT2D eigenvalue weighted by molar-refractivity contribution is 6.10. The molecule has 2 aromatic heterocycles. The summed E-state index contributed by atoms with van der Waals surface area (Å²) < 4.78 is 27.8. The summed E-state index contributed by atoms with van der Waals surface area (Å²) in [4.78, 5) is 15.3. The Balaban J connectivity index is 1.35. The molecule has 3 heterocycles. The van der Waals surface area contributed by atoms with Crippen LogP contribution in [0.3, 0.4) is 0 Å². The third kappa shape index (κ3) is 5.15. The van der Waals surface area contributed by atoms with Gasteiger partial charge in [0.1, 0.15) is 0 Å². The highest BCUT2D eigenvalue weighted by Gasteiger charge is 2.45. The van der Waals surface area contributed by atoms with Crippen LogP contribution in [0, 0.1) is 6.92 Å². The van der Waals surface area contributed by atoms with Gasteiger partial charge in [0.25, 0.3) is 11.8 Å². The Morgan fingerprint density at radius 2 is 2.05 bits per heavy atom. The number of carbonyl (C=O) groups is 1. The first-order valence-electron chi connectivity index (χ1n) is 12.0. The fourth-order valence-corrected chi connectivity index (χ4v) is 4.60. The number of rotatable bonds is 5. The molecule has 1 saturated carbocycles. The number of hydrogen-bond donors (Lipinski definition) is 3. The first-order valence-corrected chi connectivity index (χ1v) is 12.0. The van der Waals surface area contributed by atoms with Crippen LogP contribution in [-0.4, -0.2) is 57.1 Å². The lowest BCUT2D eigenvalue weighted by molar-refractivity contribution is -0.0847. The monoisotopic (exact) mass is 510 g/mol. The van der Waals surface area contributed by atoms with Gasteiger partial charge in [0.05, 0.1) is 28.9 Å². The standard InChI is InChI=1S/C25H28F2N8O2/c1-15-3-4-16(22(31-28)33-32-17-11-25(26,27)12-17)9-20(15)30-23(36)19-13-29-35-7-5-18(10-21(19)35)34-8-6-24(2,37)14-34/h3-5,7,9-10,13,17,37H,6,8,11-12,14,28H2,1-2H3,(H,30,36)/b31-22-,33-32?/t24-/m1/s1. The molecule has 194 valence electrons. The normalized spacial score (nSPS) is 22.1. The summed E-state index contributed by atoms with van der Waals surface area (Å²) in [6, 6.07) is 8.38. The molecular formula is C25H28F2N8O2. The number of anilines is 2. The van der Waals surface area contributed by atoms with Crippen molar-refractivity contribution >= 4 is 28.6 Å². The van der Waals surface area contributed by atoms with Crippen molar-refractivity contribution in [1.29, 1.82) is 0 Å². The smallest absolute Gasteiger partial charge is 0.259 e. The highest BCUT2D eigenvalue weighted by Crippen LogP contribution is 2.39. The van der Waals surface area contributed by atoms with E-state index in [4.69, 9.17) is 5.84 Å². The van der Waals surface area contributed by atoms with Gasteiger partial charge in [0.2, 0.25) is 0 Å². The second kappa shape index (κ2) is 9.18. The molecule has 0 bridgehead atoms. The molecule has 12 heteroatoms. The number of hydrogen-bond acceptors (Lipinski definition) is 7. The lowest BCUT2D eigenvalue weighted by Gasteiger charge is -2.30. The van der Waals surface area contributed by atoms with Crippen molar-refractivity contribution in [3.05, 3.63) is 59.4 Å². The van der Waals surface area contributed by atoms with Gasteiger partial charge in [-0.3, -0.25) is 4.79 Å². The minimum Gasteiger partial charge on any atom is -0.388 e. The first kappa shape index (κ1) is 24.8. The number of amides is 1. The number of halogens is 2. The van der Waals surface area contributed by atoms with Gasteiger partial charge >= 0.3 is 0 Å². The molecule has 37 heavy (non-hydrogen) atoms. The van der Waals surface area contributed by atoms with Gasteiger partial charge in [0.15, 0.2) is 5.84 Å². The molecule has 1 saturated heterocycles. The molecule has 0 radical (unpaired) electrons. The average molecular weight is 511 g/mol. The molecule has 0 unspecified atom stereocenters. The van der Waals surface area contributed by atoms with E-state index in [1.165, 1.54) is 6.20 Å². The zero-order chi connectivity index (χ0) is 26.4. The average Bonchev–Trinajstić information content (AvgIpc) is 3.42. The largest absolute Gasteiger partial charge is 0.388 e. The summed E-state index contributed by atoms with van der Waals surface area (Å²) in [6.07, 6.45) is 3.27. The van der Waals surface area contributed by atoms with Gasteiger partial charge in [-0.05, 0) is 44.0 Å². The second-order valence-electron chi connectivity index (χ2n) is 10.0. The number of pyridine rings is 1. The molecule has 3 aromatic rings. The Morgan fingerprint density at radius 1 is 1.27 bits per heavy atom. The van der Waals surface area contributed by atoms with Crippen molar-refractivity contribution in [2.24, 2.45) is 21.2 Å². The number of hydrazone groups is 1. The van der Waals surface area contributed by atoms with Gasteiger partial charge in [-0.25, -0.2) is 13.3 Å². The first-order chi connectivity index (χ1) is 17.5. The van der Waals surface area contributed by atoms with Gasteiger partial charge in [-0.15, -0.1) is 5.11 Å². The van der Waals surface area contributed by atoms with Crippen LogP contribution in [0.1, 0.15) is 47.7 Å². The zero-order valence-corrected chi connectivity index (χ0v) is 20.5. The maximum absolute atomic E-state index is 13.3. The van der Waals surface area contributed by atoms with E-state index in [0.29, 0.717) is 35.3 Å².